The Morgan fingerprint density at radius 3 is 2.25 bits per heavy atom. The van der Waals surface area contributed by atoms with Crippen molar-refractivity contribution >= 4 is 17.4 Å². The van der Waals surface area contributed by atoms with E-state index in [0.717, 1.165) is 23.5 Å². The van der Waals surface area contributed by atoms with Crippen molar-refractivity contribution in [1.82, 2.24) is 4.90 Å². The maximum absolute atomic E-state index is 10.8. The number of hydrogen-bond acceptors (Lipinski definition) is 3. The molecule has 108 valence electrons. The van der Waals surface area contributed by atoms with Gasteiger partial charge in [0.05, 0.1) is 0 Å². The third-order valence-corrected chi connectivity index (χ3v) is 4.62. The van der Waals surface area contributed by atoms with Gasteiger partial charge < -0.3 is 21.3 Å². The van der Waals surface area contributed by atoms with Crippen LogP contribution in [0.2, 0.25) is 0 Å². The summed E-state index contributed by atoms with van der Waals surface area (Å²) in [5.74, 6) is 0. The van der Waals surface area contributed by atoms with Crippen LogP contribution in [0.25, 0.3) is 0 Å². The van der Waals surface area contributed by atoms with Crippen LogP contribution in [-0.2, 0) is 0 Å². The fourth-order valence-electron chi connectivity index (χ4n) is 3.56. The molecular weight excluding hydrogens is 252 g/mol. The second-order valence-electron chi connectivity index (χ2n) is 5.93. The number of nitrogens with two attached hydrogens (primary N) is 1. The van der Waals surface area contributed by atoms with Gasteiger partial charge in [-0.15, -0.1) is 0 Å². The second-order valence-corrected chi connectivity index (χ2v) is 5.93. The summed E-state index contributed by atoms with van der Waals surface area (Å²) in [6, 6.07) is 9.23. The van der Waals surface area contributed by atoms with Gasteiger partial charge in [-0.1, -0.05) is 0 Å². The Balaban J connectivity index is 1.60. The summed E-state index contributed by atoms with van der Waals surface area (Å²) >= 11 is 0. The first kappa shape index (κ1) is 13.2. The highest BCUT2D eigenvalue weighted by Crippen LogP contribution is 2.35. The first-order valence-corrected chi connectivity index (χ1v) is 7.27. The number of nitrogens with zero attached hydrogens (tertiary/aromatic N) is 1. The van der Waals surface area contributed by atoms with Gasteiger partial charge in [-0.2, -0.15) is 0 Å². The minimum absolute atomic E-state index is 0.530. The van der Waals surface area contributed by atoms with Gasteiger partial charge in [0.15, 0.2) is 0 Å². The lowest BCUT2D eigenvalue weighted by Crippen LogP contribution is -2.44. The van der Waals surface area contributed by atoms with Gasteiger partial charge in [-0.3, -0.25) is 0 Å². The van der Waals surface area contributed by atoms with Gasteiger partial charge in [-0.05, 0) is 57.0 Å². The molecule has 2 amide bonds. The number of hydrogen-bond donors (Lipinski definition) is 3. The summed E-state index contributed by atoms with van der Waals surface area (Å²) in [6.45, 7) is 0. The van der Waals surface area contributed by atoms with Crippen molar-refractivity contribution in [2.75, 3.05) is 17.7 Å². The molecule has 3 rings (SSSR count). The molecule has 2 aliphatic rings. The Labute approximate surface area is 119 Å². The molecule has 2 aliphatic heterocycles. The van der Waals surface area contributed by atoms with Crippen LogP contribution in [0.15, 0.2) is 24.3 Å². The third-order valence-electron chi connectivity index (χ3n) is 4.62. The van der Waals surface area contributed by atoms with Crippen molar-refractivity contribution in [2.24, 2.45) is 5.73 Å². The van der Waals surface area contributed by atoms with Crippen molar-refractivity contribution in [3.63, 3.8) is 0 Å². The summed E-state index contributed by atoms with van der Waals surface area (Å²) in [4.78, 5) is 13.3. The van der Waals surface area contributed by atoms with Crippen molar-refractivity contribution in [1.29, 1.82) is 0 Å². The lowest BCUT2D eigenvalue weighted by atomic mass is 9.98. The molecule has 0 radical (unpaired) electrons. The molecule has 0 saturated carbocycles. The van der Waals surface area contributed by atoms with E-state index >= 15 is 0 Å². The maximum atomic E-state index is 10.8. The summed E-state index contributed by atoms with van der Waals surface area (Å²) in [5.41, 5.74) is 6.93. The molecule has 2 atom stereocenters. The number of primary amides is 1. The average molecular weight is 274 g/mol. The van der Waals surface area contributed by atoms with Crippen molar-refractivity contribution in [3.05, 3.63) is 24.3 Å². The Bertz CT molecular complexity index is 473. The Kier molecular flexibility index (Phi) is 3.53. The number of carbonyl (C=O) groups excluding carboxylic acids is 1. The number of piperidine rings is 1. The standard InChI is InChI=1S/C15H22N4O/c1-19-13-6-7-14(19)9-12(8-13)17-10-2-4-11(5-3-10)18-15(16)20/h2-5,12-14,17H,6-9H2,1H3,(H3,16,18,20). The molecule has 2 fully saturated rings. The fourth-order valence-corrected chi connectivity index (χ4v) is 3.56. The third kappa shape index (κ3) is 2.72. The van der Waals surface area contributed by atoms with E-state index in [9.17, 15) is 4.79 Å². The first-order chi connectivity index (χ1) is 9.61. The Morgan fingerprint density at radius 1 is 1.15 bits per heavy atom. The number of anilines is 2. The van der Waals surface area contributed by atoms with E-state index in [4.69, 9.17) is 5.73 Å². The number of amides is 2. The number of urea groups is 1. The Morgan fingerprint density at radius 2 is 1.70 bits per heavy atom. The normalized spacial score (nSPS) is 29.1. The maximum Gasteiger partial charge on any atom is 0.316 e. The molecule has 0 aliphatic carbocycles. The van der Waals surface area contributed by atoms with Gasteiger partial charge in [0, 0.05) is 29.5 Å². The summed E-state index contributed by atoms with van der Waals surface area (Å²) in [7, 11) is 2.25. The molecule has 1 aromatic rings. The van der Waals surface area contributed by atoms with Gasteiger partial charge >= 0.3 is 6.03 Å². The van der Waals surface area contributed by atoms with Crippen molar-refractivity contribution in [2.45, 2.75) is 43.8 Å². The molecule has 5 heteroatoms. The van der Waals surface area contributed by atoms with Crippen LogP contribution in [0.3, 0.4) is 0 Å². The zero-order valence-corrected chi connectivity index (χ0v) is 11.8. The summed E-state index contributed by atoms with van der Waals surface area (Å²) in [5, 5.41) is 6.18. The van der Waals surface area contributed by atoms with Crippen LogP contribution in [0.1, 0.15) is 25.7 Å². The molecule has 2 bridgehead atoms. The SMILES string of the molecule is CN1C2CCC1CC(Nc1ccc(NC(N)=O)cc1)C2. The van der Waals surface area contributed by atoms with Gasteiger partial charge in [-0.25, -0.2) is 4.79 Å². The minimum Gasteiger partial charge on any atom is -0.382 e. The Hall–Kier alpha value is -1.75. The number of carbonyl (C=O) groups is 1. The molecule has 0 spiro atoms. The van der Waals surface area contributed by atoms with Gasteiger partial charge in [0.2, 0.25) is 0 Å². The molecule has 5 nitrogen and oxygen atoms in total. The molecule has 4 N–H and O–H groups in total. The molecule has 20 heavy (non-hydrogen) atoms. The second kappa shape index (κ2) is 5.32. The largest absolute Gasteiger partial charge is 0.382 e. The van der Waals surface area contributed by atoms with Crippen LogP contribution in [0, 0.1) is 0 Å². The smallest absolute Gasteiger partial charge is 0.316 e. The van der Waals surface area contributed by atoms with E-state index in [1.165, 1.54) is 25.7 Å². The molecule has 1 aromatic carbocycles. The number of nitrogens with one attached hydrogen (secondary N) is 2. The molecule has 2 unspecified atom stereocenters. The first-order valence-electron chi connectivity index (χ1n) is 7.27. The van der Waals surface area contributed by atoms with Crippen LogP contribution >= 0.6 is 0 Å². The van der Waals surface area contributed by atoms with Gasteiger partial charge in [0.25, 0.3) is 0 Å². The highest BCUT2D eigenvalue weighted by molar-refractivity contribution is 5.87. The van der Waals surface area contributed by atoms with E-state index in [1.54, 1.807) is 0 Å². The minimum atomic E-state index is -0.530. The van der Waals surface area contributed by atoms with Crippen LogP contribution in [0.4, 0.5) is 16.2 Å². The van der Waals surface area contributed by atoms with E-state index in [1.807, 2.05) is 24.3 Å². The topological polar surface area (TPSA) is 70.4 Å². The molecule has 2 saturated heterocycles. The lowest BCUT2D eigenvalue weighted by molar-refractivity contribution is 0.169. The molecule has 2 heterocycles. The monoisotopic (exact) mass is 274 g/mol. The lowest BCUT2D eigenvalue weighted by Gasteiger charge is -2.37. The molecule has 0 aromatic heterocycles. The number of benzene rings is 1. The predicted octanol–water partition coefficient (Wildman–Crippen LogP) is 2.21. The highest BCUT2D eigenvalue weighted by Gasteiger charge is 2.38. The average Bonchev–Trinajstić information content (AvgIpc) is 2.63. The quantitative estimate of drug-likeness (QED) is 0.791. The van der Waals surface area contributed by atoms with Crippen molar-refractivity contribution in [3.8, 4) is 0 Å². The fraction of sp³-hybridized carbons (Fsp3) is 0.533. The van der Waals surface area contributed by atoms with E-state index in [-0.39, 0.29) is 0 Å². The number of fused-ring (bicyclic) bond motifs is 2. The van der Waals surface area contributed by atoms with Crippen molar-refractivity contribution < 1.29 is 4.79 Å². The zero-order valence-electron chi connectivity index (χ0n) is 11.8. The van der Waals surface area contributed by atoms with Crippen LogP contribution < -0.4 is 16.4 Å². The van der Waals surface area contributed by atoms with Crippen LogP contribution in [0.5, 0.6) is 0 Å². The van der Waals surface area contributed by atoms with Gasteiger partial charge in [0.1, 0.15) is 0 Å². The molecular formula is C15H22N4O. The zero-order chi connectivity index (χ0) is 14.1. The predicted molar refractivity (Wildman–Crippen MR) is 80.9 cm³/mol. The summed E-state index contributed by atoms with van der Waals surface area (Å²) in [6.07, 6.45) is 5.10. The van der Waals surface area contributed by atoms with E-state index in [0.29, 0.717) is 6.04 Å². The number of rotatable bonds is 3. The summed E-state index contributed by atoms with van der Waals surface area (Å²) < 4.78 is 0. The van der Waals surface area contributed by atoms with E-state index in [2.05, 4.69) is 22.6 Å². The van der Waals surface area contributed by atoms with E-state index < -0.39 is 6.03 Å². The highest BCUT2D eigenvalue weighted by atomic mass is 16.2. The van der Waals surface area contributed by atoms with Crippen LogP contribution in [-0.4, -0.2) is 36.1 Å².